The number of hydrogen-bond donors (Lipinski definition) is 1. The Kier molecular flexibility index (Phi) is 5.57. The largest absolute Gasteiger partial charge is 0.454 e. The Morgan fingerprint density at radius 2 is 1.96 bits per heavy atom. The van der Waals surface area contributed by atoms with Gasteiger partial charge < -0.3 is 15.0 Å². The summed E-state index contributed by atoms with van der Waals surface area (Å²) < 4.78 is 4.86. The van der Waals surface area contributed by atoms with E-state index in [1.165, 1.54) is 18.4 Å². The predicted octanol–water partition coefficient (Wildman–Crippen LogP) is 0.119. The smallest absolute Gasteiger partial charge is 0.327 e. The highest BCUT2D eigenvalue weighted by Crippen LogP contribution is 2.23. The van der Waals surface area contributed by atoms with Crippen molar-refractivity contribution in [2.45, 2.75) is 38.6 Å². The molecule has 1 N–H and O–H groups in total. The number of esters is 1. The van der Waals surface area contributed by atoms with Gasteiger partial charge in [-0.05, 0) is 18.8 Å². The lowest BCUT2D eigenvalue weighted by atomic mass is 9.86. The van der Waals surface area contributed by atoms with Crippen LogP contribution in [0.15, 0.2) is 0 Å². The topological polar surface area (TPSA) is 96.0 Å². The van der Waals surface area contributed by atoms with Crippen LogP contribution in [0.5, 0.6) is 0 Å². The third kappa shape index (κ3) is 4.43. The van der Waals surface area contributed by atoms with Crippen LogP contribution in [0.1, 0.15) is 32.6 Å². The Bertz CT molecular complexity index is 507. The van der Waals surface area contributed by atoms with Crippen molar-refractivity contribution < 1.29 is 23.9 Å². The average molecular weight is 325 g/mol. The highest BCUT2D eigenvalue weighted by molar-refractivity contribution is 6.04. The Hall–Kier alpha value is -2.12. The molecule has 8 heteroatoms. The Morgan fingerprint density at radius 3 is 2.57 bits per heavy atom. The number of hydrogen-bond acceptors (Lipinski definition) is 5. The monoisotopic (exact) mass is 325 g/mol. The molecule has 4 amide bonds. The van der Waals surface area contributed by atoms with Gasteiger partial charge in [0.1, 0.15) is 13.1 Å². The van der Waals surface area contributed by atoms with Gasteiger partial charge in [0, 0.05) is 13.1 Å². The van der Waals surface area contributed by atoms with Gasteiger partial charge in [-0.15, -0.1) is 0 Å². The highest BCUT2D eigenvalue weighted by atomic mass is 16.5. The molecule has 0 bridgehead atoms. The average Bonchev–Trinajstić information content (AvgIpc) is 2.74. The number of nitrogens with zero attached hydrogens (tertiary/aromatic N) is 2. The van der Waals surface area contributed by atoms with Crippen molar-refractivity contribution in [3.8, 4) is 0 Å². The summed E-state index contributed by atoms with van der Waals surface area (Å²) in [7, 11) is 1.48. The van der Waals surface area contributed by atoms with E-state index in [0.717, 1.165) is 24.2 Å². The number of carbonyl (C=O) groups is 4. The van der Waals surface area contributed by atoms with Crippen LogP contribution < -0.4 is 5.32 Å². The van der Waals surface area contributed by atoms with Crippen LogP contribution in [0.3, 0.4) is 0 Å². The lowest BCUT2D eigenvalue weighted by molar-refractivity contribution is -0.150. The molecular weight excluding hydrogens is 302 g/mol. The van der Waals surface area contributed by atoms with Crippen molar-refractivity contribution in [1.82, 2.24) is 15.1 Å². The predicted molar refractivity (Wildman–Crippen MR) is 80.3 cm³/mol. The summed E-state index contributed by atoms with van der Waals surface area (Å²) in [5, 5.41) is 2.87. The molecule has 2 fully saturated rings. The number of carbonyl (C=O) groups excluding carboxylic acids is 4. The van der Waals surface area contributed by atoms with Crippen molar-refractivity contribution in [2.24, 2.45) is 5.92 Å². The lowest BCUT2D eigenvalue weighted by Gasteiger charge is -2.29. The van der Waals surface area contributed by atoms with Crippen LogP contribution >= 0.6 is 0 Å². The SMILES string of the molecule is C[C@H]1CCCC[C@H]1NC(=O)COC(=O)CN1C(=O)CN(C)C1=O. The fraction of sp³-hybridized carbons (Fsp3) is 0.733. The molecule has 8 nitrogen and oxygen atoms in total. The Balaban J connectivity index is 1.72. The number of likely N-dealkylation sites (N-methyl/N-ethyl adjacent to an activating group) is 1. The summed E-state index contributed by atoms with van der Waals surface area (Å²) >= 11 is 0. The molecule has 2 atom stereocenters. The molecule has 23 heavy (non-hydrogen) atoms. The van der Waals surface area contributed by atoms with Gasteiger partial charge in [0.25, 0.3) is 11.8 Å². The minimum atomic E-state index is -0.770. The van der Waals surface area contributed by atoms with E-state index in [-0.39, 0.29) is 18.5 Å². The number of nitrogens with one attached hydrogen (secondary N) is 1. The van der Waals surface area contributed by atoms with Gasteiger partial charge in [-0.25, -0.2) is 4.79 Å². The lowest BCUT2D eigenvalue weighted by Crippen LogP contribution is -2.43. The third-order valence-corrected chi connectivity index (χ3v) is 4.34. The summed E-state index contributed by atoms with van der Waals surface area (Å²) in [5.74, 6) is -1.16. The fourth-order valence-corrected chi connectivity index (χ4v) is 2.92. The van der Waals surface area contributed by atoms with Gasteiger partial charge >= 0.3 is 12.0 Å². The minimum Gasteiger partial charge on any atom is -0.454 e. The van der Waals surface area contributed by atoms with Crippen LogP contribution in [0.25, 0.3) is 0 Å². The van der Waals surface area contributed by atoms with E-state index in [1.807, 2.05) is 0 Å². The van der Waals surface area contributed by atoms with Crippen molar-refractivity contribution >= 4 is 23.8 Å². The Morgan fingerprint density at radius 1 is 1.26 bits per heavy atom. The van der Waals surface area contributed by atoms with Crippen molar-refractivity contribution in [2.75, 3.05) is 26.7 Å². The molecule has 2 aliphatic rings. The van der Waals surface area contributed by atoms with Gasteiger partial charge in [0.2, 0.25) is 0 Å². The first-order valence-electron chi connectivity index (χ1n) is 7.89. The standard InChI is InChI=1S/C15H23N3O5/c1-10-5-3-4-6-11(10)16-12(19)9-23-14(21)8-18-13(20)7-17(2)15(18)22/h10-11H,3-9H2,1-2H3,(H,16,19)/t10-,11+/m0/s1. The van der Waals surface area contributed by atoms with Crippen molar-refractivity contribution in [3.05, 3.63) is 0 Å². The van der Waals surface area contributed by atoms with E-state index >= 15 is 0 Å². The Labute approximate surface area is 135 Å². The maximum Gasteiger partial charge on any atom is 0.327 e. The van der Waals surface area contributed by atoms with Crippen LogP contribution in [-0.2, 0) is 19.1 Å². The molecule has 0 aromatic heterocycles. The summed E-state index contributed by atoms with van der Waals surface area (Å²) in [6.07, 6.45) is 4.28. The van der Waals surface area contributed by atoms with Crippen LogP contribution in [0.2, 0.25) is 0 Å². The molecule has 1 aliphatic heterocycles. The molecule has 0 aromatic carbocycles. The molecule has 0 aromatic rings. The van der Waals surface area contributed by atoms with Gasteiger partial charge in [0.15, 0.2) is 6.61 Å². The zero-order valence-electron chi connectivity index (χ0n) is 13.5. The molecule has 1 saturated carbocycles. The van der Waals surface area contributed by atoms with E-state index in [9.17, 15) is 19.2 Å². The first-order valence-corrected chi connectivity index (χ1v) is 7.89. The highest BCUT2D eigenvalue weighted by Gasteiger charge is 2.35. The van der Waals surface area contributed by atoms with Crippen molar-refractivity contribution in [3.63, 3.8) is 0 Å². The molecule has 0 unspecified atom stereocenters. The summed E-state index contributed by atoms with van der Waals surface area (Å²) in [6, 6.07) is -0.419. The quantitative estimate of drug-likeness (QED) is 0.572. The molecule has 2 rings (SSSR count). The number of amides is 4. The second kappa shape index (κ2) is 7.43. The minimum absolute atomic E-state index is 0.0494. The third-order valence-electron chi connectivity index (χ3n) is 4.34. The summed E-state index contributed by atoms with van der Waals surface area (Å²) in [5.41, 5.74) is 0. The second-order valence-electron chi connectivity index (χ2n) is 6.21. The van der Waals surface area contributed by atoms with E-state index < -0.39 is 31.1 Å². The van der Waals surface area contributed by atoms with E-state index in [1.54, 1.807) is 0 Å². The number of imide groups is 1. The summed E-state index contributed by atoms with van der Waals surface area (Å²) in [4.78, 5) is 48.7. The van der Waals surface area contributed by atoms with Crippen molar-refractivity contribution in [1.29, 1.82) is 0 Å². The van der Waals surface area contributed by atoms with Crippen LogP contribution in [0.4, 0.5) is 4.79 Å². The molecule has 1 saturated heterocycles. The van der Waals surface area contributed by atoms with Gasteiger partial charge in [-0.2, -0.15) is 0 Å². The fourth-order valence-electron chi connectivity index (χ4n) is 2.92. The van der Waals surface area contributed by atoms with Crippen LogP contribution in [-0.4, -0.2) is 66.4 Å². The number of urea groups is 1. The first-order chi connectivity index (χ1) is 10.9. The number of ether oxygens (including phenoxy) is 1. The molecule has 128 valence electrons. The van der Waals surface area contributed by atoms with E-state index in [2.05, 4.69) is 12.2 Å². The molecule has 0 spiro atoms. The first kappa shape index (κ1) is 17.2. The number of rotatable bonds is 5. The molecular formula is C15H23N3O5. The van der Waals surface area contributed by atoms with Gasteiger partial charge in [-0.3, -0.25) is 19.3 Å². The molecule has 1 heterocycles. The summed E-state index contributed by atoms with van der Waals surface area (Å²) in [6.45, 7) is 1.19. The maximum absolute atomic E-state index is 11.8. The zero-order valence-corrected chi connectivity index (χ0v) is 13.5. The second-order valence-corrected chi connectivity index (χ2v) is 6.21. The van der Waals surface area contributed by atoms with E-state index in [0.29, 0.717) is 5.92 Å². The zero-order chi connectivity index (χ0) is 17.0. The normalized spacial score (nSPS) is 24.8. The molecule has 1 aliphatic carbocycles. The van der Waals surface area contributed by atoms with E-state index in [4.69, 9.17) is 4.74 Å². The maximum atomic E-state index is 11.8. The molecule has 0 radical (unpaired) electrons. The van der Waals surface area contributed by atoms with Crippen LogP contribution in [0, 0.1) is 5.92 Å². The van der Waals surface area contributed by atoms with Gasteiger partial charge in [0.05, 0.1) is 0 Å². The van der Waals surface area contributed by atoms with Gasteiger partial charge in [-0.1, -0.05) is 19.8 Å².